The Balaban J connectivity index is 1.65. The Labute approximate surface area is 145 Å². The SMILES string of the molecule is Cn1nccc1C(=O)N[C@@H](c1cnc2ccccc2c1)C1CC(O)C1. The van der Waals surface area contributed by atoms with Crippen molar-refractivity contribution in [2.24, 2.45) is 13.0 Å². The first kappa shape index (κ1) is 15.8. The summed E-state index contributed by atoms with van der Waals surface area (Å²) in [6.07, 6.45) is 4.51. The summed E-state index contributed by atoms with van der Waals surface area (Å²) >= 11 is 0. The molecule has 3 aromatic rings. The third-order valence-corrected chi connectivity index (χ3v) is 4.93. The minimum atomic E-state index is -0.283. The Morgan fingerprint density at radius 2 is 2.12 bits per heavy atom. The normalized spacial score (nSPS) is 20.9. The topological polar surface area (TPSA) is 80.0 Å². The van der Waals surface area contributed by atoms with Crippen LogP contribution in [0.5, 0.6) is 0 Å². The predicted octanol–water partition coefficient (Wildman–Crippen LogP) is 2.21. The third-order valence-electron chi connectivity index (χ3n) is 4.93. The van der Waals surface area contributed by atoms with Crippen LogP contribution in [0.4, 0.5) is 0 Å². The van der Waals surface area contributed by atoms with Gasteiger partial charge >= 0.3 is 0 Å². The molecule has 1 aromatic carbocycles. The number of benzene rings is 1. The highest BCUT2D eigenvalue weighted by molar-refractivity contribution is 5.92. The van der Waals surface area contributed by atoms with Crippen molar-refractivity contribution in [2.45, 2.75) is 25.0 Å². The van der Waals surface area contributed by atoms with Crippen LogP contribution in [0.2, 0.25) is 0 Å². The van der Waals surface area contributed by atoms with Crippen LogP contribution >= 0.6 is 0 Å². The largest absolute Gasteiger partial charge is 0.393 e. The van der Waals surface area contributed by atoms with Gasteiger partial charge in [-0.2, -0.15) is 5.10 Å². The molecule has 128 valence electrons. The fraction of sp³-hybridized carbons (Fsp3) is 0.316. The number of fused-ring (bicyclic) bond motifs is 1. The van der Waals surface area contributed by atoms with Crippen LogP contribution in [0, 0.1) is 5.92 Å². The highest BCUT2D eigenvalue weighted by Gasteiger charge is 2.36. The summed E-state index contributed by atoms with van der Waals surface area (Å²) in [5, 5.41) is 17.9. The van der Waals surface area contributed by atoms with Gasteiger partial charge in [-0.05, 0) is 42.5 Å². The van der Waals surface area contributed by atoms with Gasteiger partial charge in [-0.1, -0.05) is 18.2 Å². The van der Waals surface area contributed by atoms with Crippen LogP contribution in [0.3, 0.4) is 0 Å². The molecule has 2 heterocycles. The van der Waals surface area contributed by atoms with Crippen LogP contribution in [-0.2, 0) is 7.05 Å². The molecule has 0 spiro atoms. The van der Waals surface area contributed by atoms with Gasteiger partial charge in [0, 0.05) is 24.8 Å². The summed E-state index contributed by atoms with van der Waals surface area (Å²) in [6, 6.07) is 11.5. The van der Waals surface area contributed by atoms with Crippen LogP contribution in [-0.4, -0.2) is 31.9 Å². The van der Waals surface area contributed by atoms with Crippen LogP contribution in [0.15, 0.2) is 48.8 Å². The van der Waals surface area contributed by atoms with E-state index in [4.69, 9.17) is 0 Å². The second-order valence-corrected chi connectivity index (χ2v) is 6.64. The Morgan fingerprint density at radius 3 is 2.84 bits per heavy atom. The fourth-order valence-corrected chi connectivity index (χ4v) is 3.45. The molecule has 1 atom stereocenters. The van der Waals surface area contributed by atoms with E-state index in [1.54, 1.807) is 24.0 Å². The van der Waals surface area contributed by atoms with Gasteiger partial charge < -0.3 is 10.4 Å². The van der Waals surface area contributed by atoms with E-state index in [1.165, 1.54) is 0 Å². The molecule has 0 bridgehead atoms. The number of hydrogen-bond donors (Lipinski definition) is 2. The number of aliphatic hydroxyl groups is 1. The van der Waals surface area contributed by atoms with Crippen LogP contribution in [0.25, 0.3) is 10.9 Å². The first-order chi connectivity index (χ1) is 12.1. The van der Waals surface area contributed by atoms with Gasteiger partial charge in [-0.25, -0.2) is 0 Å². The number of nitrogens with zero attached hydrogens (tertiary/aromatic N) is 3. The second kappa shape index (κ2) is 6.29. The summed E-state index contributed by atoms with van der Waals surface area (Å²) in [5.41, 5.74) is 2.40. The summed E-state index contributed by atoms with van der Waals surface area (Å²) in [4.78, 5) is 17.2. The third kappa shape index (κ3) is 3.00. The van der Waals surface area contributed by atoms with E-state index >= 15 is 0 Å². The van der Waals surface area contributed by atoms with Crippen molar-refractivity contribution < 1.29 is 9.90 Å². The summed E-state index contributed by atoms with van der Waals surface area (Å²) < 4.78 is 1.56. The number of aromatic nitrogens is 3. The van der Waals surface area contributed by atoms with Crippen molar-refractivity contribution in [2.75, 3.05) is 0 Å². The number of amides is 1. The Bertz CT molecular complexity index is 914. The summed E-state index contributed by atoms with van der Waals surface area (Å²) in [7, 11) is 1.74. The number of pyridine rings is 1. The molecule has 0 saturated heterocycles. The number of para-hydroxylation sites is 1. The highest BCUT2D eigenvalue weighted by atomic mass is 16.3. The monoisotopic (exact) mass is 336 g/mol. The predicted molar refractivity (Wildman–Crippen MR) is 93.9 cm³/mol. The number of aryl methyl sites for hydroxylation is 1. The standard InChI is InChI=1S/C19H20N4O2/c1-23-17(6-7-21-23)19(25)22-18(13-9-15(24)10-13)14-8-12-4-2-3-5-16(12)20-11-14/h2-8,11,13,15,18,24H,9-10H2,1H3,(H,22,25)/t13?,15?,18-/m1/s1. The summed E-state index contributed by atoms with van der Waals surface area (Å²) in [5.74, 6) is 0.0367. The maximum atomic E-state index is 12.6. The molecule has 1 saturated carbocycles. The van der Waals surface area contributed by atoms with Gasteiger partial charge in [-0.3, -0.25) is 14.5 Å². The lowest BCUT2D eigenvalue weighted by molar-refractivity contribution is 0.0234. The minimum Gasteiger partial charge on any atom is -0.393 e. The van der Waals surface area contributed by atoms with Crippen LogP contribution < -0.4 is 5.32 Å². The van der Waals surface area contributed by atoms with Crippen molar-refractivity contribution in [3.05, 3.63) is 60.0 Å². The lowest BCUT2D eigenvalue weighted by Crippen LogP contribution is -2.41. The molecular formula is C19H20N4O2. The van der Waals surface area contributed by atoms with Gasteiger partial charge in [0.25, 0.3) is 5.91 Å². The van der Waals surface area contributed by atoms with E-state index in [-0.39, 0.29) is 24.0 Å². The molecule has 1 aliphatic rings. The lowest BCUT2D eigenvalue weighted by atomic mass is 9.75. The van der Waals surface area contributed by atoms with Gasteiger partial charge in [0.05, 0.1) is 17.7 Å². The zero-order chi connectivity index (χ0) is 17.4. The average molecular weight is 336 g/mol. The van der Waals surface area contributed by atoms with Crippen LogP contribution in [0.1, 0.15) is 34.9 Å². The average Bonchev–Trinajstić information content (AvgIpc) is 3.03. The molecule has 1 amide bonds. The Hall–Kier alpha value is -2.73. The van der Waals surface area contributed by atoms with E-state index in [2.05, 4.69) is 21.5 Å². The zero-order valence-corrected chi connectivity index (χ0v) is 14.0. The number of aliphatic hydroxyl groups excluding tert-OH is 1. The van der Waals surface area contributed by atoms with Crippen molar-refractivity contribution >= 4 is 16.8 Å². The molecule has 25 heavy (non-hydrogen) atoms. The van der Waals surface area contributed by atoms with E-state index in [0.29, 0.717) is 18.5 Å². The van der Waals surface area contributed by atoms with Gasteiger partial charge in [0.15, 0.2) is 0 Å². The molecule has 6 nitrogen and oxygen atoms in total. The molecule has 6 heteroatoms. The highest BCUT2D eigenvalue weighted by Crippen LogP contribution is 2.38. The smallest absolute Gasteiger partial charge is 0.270 e. The first-order valence-corrected chi connectivity index (χ1v) is 8.43. The maximum Gasteiger partial charge on any atom is 0.270 e. The number of hydrogen-bond acceptors (Lipinski definition) is 4. The maximum absolute atomic E-state index is 12.6. The first-order valence-electron chi connectivity index (χ1n) is 8.43. The second-order valence-electron chi connectivity index (χ2n) is 6.64. The molecule has 2 N–H and O–H groups in total. The number of nitrogens with one attached hydrogen (secondary N) is 1. The number of rotatable bonds is 4. The van der Waals surface area contributed by atoms with Crippen molar-refractivity contribution in [1.82, 2.24) is 20.1 Å². The van der Waals surface area contributed by atoms with Gasteiger partial charge in [0.1, 0.15) is 5.69 Å². The van der Waals surface area contributed by atoms with E-state index < -0.39 is 0 Å². The number of carbonyl (C=O) groups is 1. The fourth-order valence-electron chi connectivity index (χ4n) is 3.45. The quantitative estimate of drug-likeness (QED) is 0.765. The van der Waals surface area contributed by atoms with E-state index in [1.807, 2.05) is 30.5 Å². The Kier molecular flexibility index (Phi) is 3.97. The molecular weight excluding hydrogens is 316 g/mol. The molecule has 4 rings (SSSR count). The van der Waals surface area contributed by atoms with Gasteiger partial charge in [0.2, 0.25) is 0 Å². The lowest BCUT2D eigenvalue weighted by Gasteiger charge is -2.38. The summed E-state index contributed by atoms with van der Waals surface area (Å²) in [6.45, 7) is 0. The molecule has 1 aliphatic carbocycles. The molecule has 2 aromatic heterocycles. The Morgan fingerprint density at radius 1 is 1.32 bits per heavy atom. The molecule has 0 unspecified atom stereocenters. The van der Waals surface area contributed by atoms with Crippen molar-refractivity contribution in [3.8, 4) is 0 Å². The van der Waals surface area contributed by atoms with E-state index in [0.717, 1.165) is 16.5 Å². The molecule has 1 fully saturated rings. The molecule has 0 radical (unpaired) electrons. The minimum absolute atomic E-state index is 0.167. The number of carbonyl (C=O) groups excluding carboxylic acids is 1. The molecule has 0 aliphatic heterocycles. The van der Waals surface area contributed by atoms with Crippen molar-refractivity contribution in [1.29, 1.82) is 0 Å². The van der Waals surface area contributed by atoms with E-state index in [9.17, 15) is 9.90 Å². The van der Waals surface area contributed by atoms with Crippen molar-refractivity contribution in [3.63, 3.8) is 0 Å². The van der Waals surface area contributed by atoms with Gasteiger partial charge in [-0.15, -0.1) is 0 Å². The zero-order valence-electron chi connectivity index (χ0n) is 14.0.